The van der Waals surface area contributed by atoms with Crippen LogP contribution in [0.5, 0.6) is 0 Å². The first-order valence-corrected chi connectivity index (χ1v) is 8.62. The fourth-order valence-electron chi connectivity index (χ4n) is 4.81. The molecule has 1 aliphatic heterocycles. The number of piperazine rings is 1. The molecule has 1 N–H and O–H groups in total. The van der Waals surface area contributed by atoms with Crippen LogP contribution in [0, 0.1) is 11.8 Å². The van der Waals surface area contributed by atoms with E-state index in [0.717, 1.165) is 38.5 Å². The predicted octanol–water partition coefficient (Wildman–Crippen LogP) is 2.47. The molecule has 0 aromatic heterocycles. The van der Waals surface area contributed by atoms with E-state index in [1.807, 2.05) is 4.90 Å². The van der Waals surface area contributed by atoms with Crippen LogP contribution in [0.3, 0.4) is 0 Å². The number of hydrogen-bond acceptors (Lipinski definition) is 2. The Morgan fingerprint density at radius 3 is 2.24 bits per heavy atom. The van der Waals surface area contributed by atoms with E-state index in [9.17, 15) is 9.59 Å². The van der Waals surface area contributed by atoms with Crippen LogP contribution in [0.4, 0.5) is 0 Å². The molecule has 3 aliphatic rings. The quantitative estimate of drug-likeness (QED) is 0.807. The molecule has 118 valence electrons. The first kappa shape index (κ1) is 14.9. The first-order valence-electron chi connectivity index (χ1n) is 8.62. The van der Waals surface area contributed by atoms with Gasteiger partial charge in [0.05, 0.1) is 6.54 Å². The summed E-state index contributed by atoms with van der Waals surface area (Å²) < 4.78 is 0. The maximum Gasteiger partial charge on any atom is 0.249 e. The standard InChI is InChI=1S/C17H28N2O2/c1-12-8-13(2)10-14(9-12)19-11-15(20)18-17(16(19)21)6-4-3-5-7-17/h12-14H,3-11H2,1-2H3,(H,18,20). The van der Waals surface area contributed by atoms with E-state index in [1.165, 1.54) is 12.8 Å². The lowest BCUT2D eigenvalue weighted by Gasteiger charge is -2.48. The minimum Gasteiger partial charge on any atom is -0.340 e. The van der Waals surface area contributed by atoms with Crippen molar-refractivity contribution in [3.05, 3.63) is 0 Å². The second-order valence-electron chi connectivity index (χ2n) is 7.70. The van der Waals surface area contributed by atoms with Crippen molar-refractivity contribution in [2.45, 2.75) is 76.8 Å². The topological polar surface area (TPSA) is 49.4 Å². The predicted molar refractivity (Wildman–Crippen MR) is 81.6 cm³/mol. The van der Waals surface area contributed by atoms with E-state index in [0.29, 0.717) is 11.8 Å². The van der Waals surface area contributed by atoms with Gasteiger partial charge < -0.3 is 10.2 Å². The number of nitrogens with zero attached hydrogens (tertiary/aromatic N) is 1. The molecule has 2 saturated carbocycles. The third-order valence-corrected chi connectivity index (χ3v) is 5.66. The van der Waals surface area contributed by atoms with Crippen molar-refractivity contribution >= 4 is 11.8 Å². The Kier molecular flexibility index (Phi) is 3.98. The average Bonchev–Trinajstić information content (AvgIpc) is 2.43. The van der Waals surface area contributed by atoms with Crippen molar-refractivity contribution in [1.29, 1.82) is 0 Å². The highest BCUT2D eigenvalue weighted by molar-refractivity contribution is 5.98. The minimum atomic E-state index is -0.572. The largest absolute Gasteiger partial charge is 0.340 e. The van der Waals surface area contributed by atoms with Gasteiger partial charge in [0.2, 0.25) is 11.8 Å². The van der Waals surface area contributed by atoms with Gasteiger partial charge in [-0.2, -0.15) is 0 Å². The summed E-state index contributed by atoms with van der Waals surface area (Å²) in [7, 11) is 0. The molecule has 1 saturated heterocycles. The molecule has 2 aliphatic carbocycles. The summed E-state index contributed by atoms with van der Waals surface area (Å²) >= 11 is 0. The molecule has 4 nitrogen and oxygen atoms in total. The van der Waals surface area contributed by atoms with Gasteiger partial charge in [-0.25, -0.2) is 0 Å². The van der Waals surface area contributed by atoms with Crippen LogP contribution < -0.4 is 5.32 Å². The van der Waals surface area contributed by atoms with Gasteiger partial charge >= 0.3 is 0 Å². The van der Waals surface area contributed by atoms with Crippen LogP contribution in [0.2, 0.25) is 0 Å². The van der Waals surface area contributed by atoms with Gasteiger partial charge in [-0.1, -0.05) is 33.1 Å². The summed E-state index contributed by atoms with van der Waals surface area (Å²) in [6.45, 7) is 4.81. The molecule has 3 rings (SSSR count). The number of rotatable bonds is 1. The molecule has 0 aromatic carbocycles. The number of nitrogens with one attached hydrogen (secondary N) is 1. The smallest absolute Gasteiger partial charge is 0.249 e. The lowest BCUT2D eigenvalue weighted by Crippen LogP contribution is -2.69. The fraction of sp³-hybridized carbons (Fsp3) is 0.882. The molecule has 1 spiro atoms. The highest BCUT2D eigenvalue weighted by atomic mass is 16.2. The number of carbonyl (C=O) groups excluding carboxylic acids is 2. The monoisotopic (exact) mass is 292 g/mol. The van der Waals surface area contributed by atoms with Crippen molar-refractivity contribution in [1.82, 2.24) is 10.2 Å². The fourth-order valence-corrected chi connectivity index (χ4v) is 4.81. The van der Waals surface area contributed by atoms with E-state index >= 15 is 0 Å². The van der Waals surface area contributed by atoms with Crippen LogP contribution in [0.25, 0.3) is 0 Å². The second-order valence-corrected chi connectivity index (χ2v) is 7.70. The normalized spacial score (nSPS) is 36.7. The van der Waals surface area contributed by atoms with Gasteiger partial charge in [-0.15, -0.1) is 0 Å². The summed E-state index contributed by atoms with van der Waals surface area (Å²) in [5.41, 5.74) is -0.572. The molecule has 2 amide bonds. The molecule has 21 heavy (non-hydrogen) atoms. The Morgan fingerprint density at radius 1 is 1.00 bits per heavy atom. The Balaban J connectivity index is 1.80. The molecule has 4 heteroatoms. The summed E-state index contributed by atoms with van der Waals surface area (Å²) in [5, 5.41) is 3.04. The molecule has 3 fully saturated rings. The van der Waals surface area contributed by atoms with E-state index in [-0.39, 0.29) is 24.4 Å². The summed E-state index contributed by atoms with van der Waals surface area (Å²) in [6.07, 6.45) is 8.30. The number of hydrogen-bond donors (Lipinski definition) is 1. The van der Waals surface area contributed by atoms with Crippen LogP contribution in [0.1, 0.15) is 65.2 Å². The zero-order valence-electron chi connectivity index (χ0n) is 13.4. The lowest BCUT2D eigenvalue weighted by molar-refractivity contribution is -0.155. The van der Waals surface area contributed by atoms with Gasteiger partial charge in [0.15, 0.2) is 0 Å². The van der Waals surface area contributed by atoms with E-state index in [1.54, 1.807) is 0 Å². The van der Waals surface area contributed by atoms with Gasteiger partial charge in [0.25, 0.3) is 0 Å². The first-order chi connectivity index (χ1) is 10.00. The molecule has 0 bridgehead atoms. The molecule has 1 heterocycles. The Hall–Kier alpha value is -1.06. The van der Waals surface area contributed by atoms with Crippen molar-refractivity contribution in [3.8, 4) is 0 Å². The third kappa shape index (κ3) is 2.82. The van der Waals surface area contributed by atoms with Crippen LogP contribution in [0.15, 0.2) is 0 Å². The summed E-state index contributed by atoms with van der Waals surface area (Å²) in [6, 6.07) is 0.265. The summed E-state index contributed by atoms with van der Waals surface area (Å²) in [5.74, 6) is 1.55. The maximum atomic E-state index is 13.1. The summed E-state index contributed by atoms with van der Waals surface area (Å²) in [4.78, 5) is 27.2. The Bertz CT molecular complexity index is 419. The van der Waals surface area contributed by atoms with Crippen molar-refractivity contribution in [3.63, 3.8) is 0 Å². The SMILES string of the molecule is CC1CC(C)CC(N2CC(=O)NC3(CCCCC3)C2=O)C1. The van der Waals surface area contributed by atoms with E-state index in [4.69, 9.17) is 0 Å². The Labute approximate surface area is 127 Å². The second kappa shape index (κ2) is 5.62. The highest BCUT2D eigenvalue weighted by Gasteiger charge is 2.49. The van der Waals surface area contributed by atoms with Crippen molar-refractivity contribution < 1.29 is 9.59 Å². The number of carbonyl (C=O) groups is 2. The molecule has 0 radical (unpaired) electrons. The zero-order chi connectivity index (χ0) is 15.0. The van der Waals surface area contributed by atoms with Crippen LogP contribution >= 0.6 is 0 Å². The van der Waals surface area contributed by atoms with Gasteiger partial charge in [0, 0.05) is 6.04 Å². The van der Waals surface area contributed by atoms with E-state index in [2.05, 4.69) is 19.2 Å². The zero-order valence-corrected chi connectivity index (χ0v) is 13.4. The molecular formula is C17H28N2O2. The molecule has 2 atom stereocenters. The molecular weight excluding hydrogens is 264 g/mol. The lowest BCUT2D eigenvalue weighted by atomic mass is 9.76. The molecule has 0 aromatic rings. The van der Waals surface area contributed by atoms with Crippen LogP contribution in [-0.2, 0) is 9.59 Å². The van der Waals surface area contributed by atoms with Gasteiger partial charge in [-0.3, -0.25) is 9.59 Å². The van der Waals surface area contributed by atoms with Crippen LogP contribution in [-0.4, -0.2) is 34.8 Å². The third-order valence-electron chi connectivity index (χ3n) is 5.66. The average molecular weight is 292 g/mol. The van der Waals surface area contributed by atoms with Crippen molar-refractivity contribution in [2.24, 2.45) is 11.8 Å². The van der Waals surface area contributed by atoms with Crippen molar-refractivity contribution in [2.75, 3.05) is 6.54 Å². The highest BCUT2D eigenvalue weighted by Crippen LogP contribution is 2.37. The Morgan fingerprint density at radius 2 is 1.62 bits per heavy atom. The molecule has 2 unspecified atom stereocenters. The van der Waals surface area contributed by atoms with E-state index < -0.39 is 5.54 Å². The maximum absolute atomic E-state index is 13.1. The minimum absolute atomic E-state index is 0.0439. The number of amides is 2. The van der Waals surface area contributed by atoms with Gasteiger partial charge in [-0.05, 0) is 43.9 Å². The van der Waals surface area contributed by atoms with Gasteiger partial charge in [0.1, 0.15) is 5.54 Å².